The van der Waals surface area contributed by atoms with Gasteiger partial charge in [-0.15, -0.1) is 0 Å². The number of esters is 1. The van der Waals surface area contributed by atoms with Crippen LogP contribution in [0.2, 0.25) is 0 Å². The number of hydrogen-bond donors (Lipinski definition) is 1. The molecular weight excluding hydrogens is 430 g/mol. The number of likely N-dealkylation sites (tertiary alicyclic amines) is 1. The summed E-state index contributed by atoms with van der Waals surface area (Å²) in [5.41, 5.74) is 4.96. The van der Waals surface area contributed by atoms with Gasteiger partial charge in [0.05, 0.1) is 17.4 Å². The molecule has 0 radical (unpaired) electrons. The molecule has 0 unspecified atom stereocenters. The number of carbonyl (C=O) groups excluding carboxylic acids is 2. The van der Waals surface area contributed by atoms with Crippen LogP contribution in [0.25, 0.3) is 5.69 Å². The number of carbonyl (C=O) groups is 2. The minimum absolute atomic E-state index is 0.177. The van der Waals surface area contributed by atoms with Gasteiger partial charge in [0.1, 0.15) is 6.61 Å². The molecule has 3 heterocycles. The molecule has 7 heteroatoms. The first kappa shape index (κ1) is 22.5. The van der Waals surface area contributed by atoms with Crippen molar-refractivity contribution < 1.29 is 19.4 Å². The summed E-state index contributed by atoms with van der Waals surface area (Å²) >= 11 is 0. The summed E-state index contributed by atoms with van der Waals surface area (Å²) in [6.45, 7) is 4.49. The van der Waals surface area contributed by atoms with Crippen LogP contribution in [-0.4, -0.2) is 51.2 Å². The lowest BCUT2D eigenvalue weighted by molar-refractivity contribution is 0.0534. The molecule has 34 heavy (non-hydrogen) atoms. The number of cyclic esters (lactones) is 1. The van der Waals surface area contributed by atoms with Gasteiger partial charge >= 0.3 is 5.97 Å². The largest absolute Gasteiger partial charge is 0.457 e. The lowest BCUT2D eigenvalue weighted by Crippen LogP contribution is -2.37. The maximum atomic E-state index is 12.8. The van der Waals surface area contributed by atoms with Gasteiger partial charge in [0.2, 0.25) is 0 Å². The molecule has 0 spiro atoms. The van der Waals surface area contributed by atoms with E-state index in [0.717, 1.165) is 53.9 Å². The molecule has 7 nitrogen and oxygen atoms in total. The number of aliphatic hydroxyl groups is 1. The van der Waals surface area contributed by atoms with Crippen molar-refractivity contribution in [2.45, 2.75) is 38.9 Å². The zero-order valence-corrected chi connectivity index (χ0v) is 19.3. The Labute approximate surface area is 199 Å². The second-order valence-electron chi connectivity index (χ2n) is 9.27. The van der Waals surface area contributed by atoms with Gasteiger partial charge in [-0.2, -0.15) is 5.10 Å². The second kappa shape index (κ2) is 9.52. The van der Waals surface area contributed by atoms with Gasteiger partial charge in [0.25, 0.3) is 0 Å². The van der Waals surface area contributed by atoms with Crippen molar-refractivity contribution in [3.8, 4) is 5.69 Å². The van der Waals surface area contributed by atoms with E-state index in [-0.39, 0.29) is 18.4 Å². The monoisotopic (exact) mass is 459 g/mol. The van der Waals surface area contributed by atoms with Gasteiger partial charge in [-0.3, -0.25) is 4.79 Å². The first-order valence-electron chi connectivity index (χ1n) is 11.8. The van der Waals surface area contributed by atoms with E-state index in [1.165, 1.54) is 0 Å². The normalized spacial score (nSPS) is 17.4. The first-order chi connectivity index (χ1) is 16.5. The zero-order chi connectivity index (χ0) is 23.7. The number of β-amino-alcohol motifs (C(OH)–C–C–N with tert-alkyl or cyclic N) is 1. The van der Waals surface area contributed by atoms with E-state index >= 15 is 0 Å². The van der Waals surface area contributed by atoms with Crippen LogP contribution in [0.4, 0.5) is 0 Å². The van der Waals surface area contributed by atoms with E-state index in [0.29, 0.717) is 24.4 Å². The van der Waals surface area contributed by atoms with Gasteiger partial charge < -0.3 is 14.7 Å². The fraction of sp³-hybridized carbons (Fsp3) is 0.370. The van der Waals surface area contributed by atoms with Gasteiger partial charge in [-0.05, 0) is 86.3 Å². The highest BCUT2D eigenvalue weighted by Crippen LogP contribution is 2.30. The van der Waals surface area contributed by atoms with Crippen molar-refractivity contribution in [3.63, 3.8) is 0 Å². The average molecular weight is 460 g/mol. The number of hydrogen-bond acceptors (Lipinski definition) is 6. The number of benzene rings is 2. The maximum absolute atomic E-state index is 12.8. The number of aromatic nitrogens is 2. The molecule has 2 aliphatic rings. The quantitative estimate of drug-likeness (QED) is 0.427. The maximum Gasteiger partial charge on any atom is 0.338 e. The van der Waals surface area contributed by atoms with E-state index < -0.39 is 6.10 Å². The Bertz CT molecular complexity index is 1180. The number of Topliss-reactive ketones (excluding diaryl/α,β-unsaturated/α-hetero) is 1. The molecule has 1 saturated heterocycles. The molecule has 176 valence electrons. The number of piperidine rings is 1. The zero-order valence-electron chi connectivity index (χ0n) is 19.3. The highest BCUT2D eigenvalue weighted by molar-refractivity contribution is 5.96. The number of rotatable bonds is 7. The standard InChI is InChI=1S/C27H29N3O4/c1-18-22(7-8-23-24(18)17-34-27(23)33)26(32)16-29-13-9-19(10-14-29)15-25(31)20-3-5-21(6-4-20)30-12-2-11-28-30/h2-8,11-12,19,26,32H,9-10,13-17H2,1H3/t26-/m0/s1. The summed E-state index contributed by atoms with van der Waals surface area (Å²) in [6.07, 6.45) is 5.42. The molecule has 1 N–H and O–H groups in total. The molecule has 2 aliphatic heterocycles. The van der Waals surface area contributed by atoms with Gasteiger partial charge in [0, 0.05) is 36.5 Å². The molecule has 3 aromatic rings. The highest BCUT2D eigenvalue weighted by Gasteiger charge is 2.28. The van der Waals surface area contributed by atoms with Crippen LogP contribution in [-0.2, 0) is 11.3 Å². The van der Waals surface area contributed by atoms with Crippen molar-refractivity contribution in [3.05, 3.63) is 82.7 Å². The van der Waals surface area contributed by atoms with Gasteiger partial charge in [-0.25, -0.2) is 9.48 Å². The summed E-state index contributed by atoms with van der Waals surface area (Å²) in [4.78, 5) is 26.8. The van der Waals surface area contributed by atoms with Crippen LogP contribution in [0, 0.1) is 12.8 Å². The Morgan fingerprint density at radius 3 is 2.65 bits per heavy atom. The molecule has 2 aromatic carbocycles. The van der Waals surface area contributed by atoms with E-state index in [2.05, 4.69) is 10.00 Å². The van der Waals surface area contributed by atoms with Crippen LogP contribution in [0.3, 0.4) is 0 Å². The highest BCUT2D eigenvalue weighted by atomic mass is 16.5. The minimum atomic E-state index is -0.618. The summed E-state index contributed by atoms with van der Waals surface area (Å²) in [5, 5.41) is 15.1. The molecule has 0 aliphatic carbocycles. The molecule has 1 fully saturated rings. The Morgan fingerprint density at radius 2 is 1.94 bits per heavy atom. The van der Waals surface area contributed by atoms with Crippen molar-refractivity contribution in [2.75, 3.05) is 19.6 Å². The van der Waals surface area contributed by atoms with E-state index in [9.17, 15) is 14.7 Å². The van der Waals surface area contributed by atoms with Crippen molar-refractivity contribution in [1.82, 2.24) is 14.7 Å². The van der Waals surface area contributed by atoms with Crippen LogP contribution < -0.4 is 0 Å². The number of ether oxygens (including phenoxy) is 1. The van der Waals surface area contributed by atoms with Crippen molar-refractivity contribution >= 4 is 11.8 Å². The van der Waals surface area contributed by atoms with Crippen molar-refractivity contribution in [2.24, 2.45) is 5.92 Å². The molecule has 1 aromatic heterocycles. The fourth-order valence-electron chi connectivity index (χ4n) is 5.05. The third-order valence-corrected chi connectivity index (χ3v) is 7.14. The molecule has 0 bridgehead atoms. The smallest absolute Gasteiger partial charge is 0.338 e. The predicted octanol–water partition coefficient (Wildman–Crippen LogP) is 3.87. The topological polar surface area (TPSA) is 84.7 Å². The van der Waals surface area contributed by atoms with E-state index in [1.54, 1.807) is 16.9 Å². The third kappa shape index (κ3) is 4.54. The number of fused-ring (bicyclic) bond motifs is 1. The Hall–Kier alpha value is -3.29. The fourth-order valence-corrected chi connectivity index (χ4v) is 5.05. The van der Waals surface area contributed by atoms with Crippen LogP contribution in [0.15, 0.2) is 54.9 Å². The van der Waals surface area contributed by atoms with Gasteiger partial charge in [-0.1, -0.05) is 6.07 Å². The molecule has 0 saturated carbocycles. The summed E-state index contributed by atoms with van der Waals surface area (Å²) < 4.78 is 6.90. The number of ketones is 1. The Kier molecular flexibility index (Phi) is 6.30. The Balaban J connectivity index is 1.13. The van der Waals surface area contributed by atoms with Crippen molar-refractivity contribution in [1.29, 1.82) is 0 Å². The lowest BCUT2D eigenvalue weighted by atomic mass is 9.89. The summed E-state index contributed by atoms with van der Waals surface area (Å²) in [7, 11) is 0. The second-order valence-corrected chi connectivity index (χ2v) is 9.27. The van der Waals surface area contributed by atoms with E-state index in [1.807, 2.05) is 49.5 Å². The van der Waals surface area contributed by atoms with Gasteiger partial charge in [0.15, 0.2) is 5.78 Å². The minimum Gasteiger partial charge on any atom is -0.457 e. The SMILES string of the molecule is Cc1c([C@@H](O)CN2CCC(CC(=O)c3ccc(-n4cccn4)cc3)CC2)ccc2c1COC2=O. The average Bonchev–Trinajstić information content (AvgIpc) is 3.51. The molecule has 1 atom stereocenters. The molecule has 5 rings (SSSR count). The third-order valence-electron chi connectivity index (χ3n) is 7.14. The number of aliphatic hydroxyl groups excluding tert-OH is 1. The number of nitrogens with zero attached hydrogens (tertiary/aromatic N) is 3. The summed E-state index contributed by atoms with van der Waals surface area (Å²) in [6, 6.07) is 13.1. The lowest BCUT2D eigenvalue weighted by Gasteiger charge is -2.33. The van der Waals surface area contributed by atoms with Crippen LogP contribution in [0.1, 0.15) is 62.8 Å². The molecular formula is C27H29N3O4. The molecule has 0 amide bonds. The van der Waals surface area contributed by atoms with E-state index in [4.69, 9.17) is 4.74 Å². The van der Waals surface area contributed by atoms with Crippen LogP contribution >= 0.6 is 0 Å². The Morgan fingerprint density at radius 1 is 1.18 bits per heavy atom. The predicted molar refractivity (Wildman–Crippen MR) is 127 cm³/mol. The van der Waals surface area contributed by atoms with Crippen LogP contribution in [0.5, 0.6) is 0 Å². The first-order valence-corrected chi connectivity index (χ1v) is 11.8. The summed E-state index contributed by atoms with van der Waals surface area (Å²) in [5.74, 6) is 0.247.